The zero-order valence-corrected chi connectivity index (χ0v) is 32.8. The van der Waals surface area contributed by atoms with Gasteiger partial charge < -0.3 is 29.7 Å². The Balaban J connectivity index is 1.01. The van der Waals surface area contributed by atoms with Crippen LogP contribution in [0.3, 0.4) is 0 Å². The minimum absolute atomic E-state index is 0.102. The van der Waals surface area contributed by atoms with Gasteiger partial charge in [-0.05, 0) is 104 Å². The average Bonchev–Trinajstić information content (AvgIpc) is 4.01. The van der Waals surface area contributed by atoms with Gasteiger partial charge in [0.1, 0.15) is 23.3 Å². The molecule has 0 radical (unpaired) electrons. The third kappa shape index (κ3) is 7.15. The van der Waals surface area contributed by atoms with E-state index in [-0.39, 0.29) is 30.0 Å². The van der Waals surface area contributed by atoms with E-state index < -0.39 is 17.7 Å². The highest BCUT2D eigenvalue weighted by atomic mass is 16.6. The third-order valence-electron chi connectivity index (χ3n) is 11.0. The van der Waals surface area contributed by atoms with Crippen molar-refractivity contribution in [2.75, 3.05) is 20.2 Å². The summed E-state index contributed by atoms with van der Waals surface area (Å²) in [7, 11) is 1.30. The number of ether oxygens (including phenoxy) is 2. The molecule has 4 heterocycles. The molecular weight excluding hydrogens is 707 g/mol. The van der Waals surface area contributed by atoms with E-state index in [2.05, 4.69) is 82.0 Å². The van der Waals surface area contributed by atoms with Crippen molar-refractivity contribution >= 4 is 50.7 Å². The zero-order chi connectivity index (χ0) is 39.3. The van der Waals surface area contributed by atoms with Crippen molar-refractivity contribution in [1.29, 1.82) is 0 Å². The van der Waals surface area contributed by atoms with Crippen LogP contribution in [0, 0.1) is 5.92 Å². The lowest BCUT2D eigenvalue weighted by molar-refractivity contribution is -0.135. The normalized spacial score (nSPS) is 18.0. The molecule has 3 amide bonds. The number of rotatable bonds is 7. The summed E-state index contributed by atoms with van der Waals surface area (Å²) in [5.41, 5.74) is 5.39. The van der Waals surface area contributed by atoms with Crippen molar-refractivity contribution in [3.05, 3.63) is 84.6 Å². The summed E-state index contributed by atoms with van der Waals surface area (Å²) in [5, 5.41) is 7.08. The molecule has 2 aromatic heterocycles. The molecule has 2 saturated heterocycles. The van der Waals surface area contributed by atoms with Crippen molar-refractivity contribution in [1.82, 2.24) is 35.1 Å². The summed E-state index contributed by atoms with van der Waals surface area (Å²) in [6.07, 6.45) is 4.33. The topological polar surface area (TPSA) is 146 Å². The number of nitrogens with one attached hydrogen (secondary N) is 3. The number of imidazole rings is 2. The first-order chi connectivity index (χ1) is 26.9. The number of fused-ring (bicyclic) bond motifs is 4. The molecule has 4 aromatic carbocycles. The van der Waals surface area contributed by atoms with E-state index in [1.807, 2.05) is 45.7 Å². The fourth-order valence-corrected chi connectivity index (χ4v) is 8.19. The fraction of sp³-hybridized carbons (Fsp3) is 0.386. The van der Waals surface area contributed by atoms with E-state index in [4.69, 9.17) is 19.4 Å². The van der Waals surface area contributed by atoms with Crippen molar-refractivity contribution < 1.29 is 23.9 Å². The molecule has 6 aromatic rings. The Hall–Kier alpha value is -5.91. The molecule has 2 aliphatic heterocycles. The number of amides is 3. The number of likely N-dealkylation sites (tertiary alicyclic amines) is 2. The van der Waals surface area contributed by atoms with Gasteiger partial charge in [-0.15, -0.1) is 0 Å². The summed E-state index contributed by atoms with van der Waals surface area (Å²) >= 11 is 0. The molecule has 3 N–H and O–H groups in total. The van der Waals surface area contributed by atoms with Crippen LogP contribution in [0.4, 0.5) is 9.59 Å². The summed E-state index contributed by atoms with van der Waals surface area (Å²) in [6.45, 7) is 10.7. The SMILES string of the molecule is COC(=O)NC(C(=O)N1CCCC1c1nc2c(ccc3cc(-c4ccc5cc(-c6cnc(C7CCCN7C(=O)OC(C)(C)C)[nH]6)ccc5c4)ccc32)[nH]1)C(C)C. The van der Waals surface area contributed by atoms with Gasteiger partial charge in [-0.1, -0.05) is 56.3 Å². The Labute approximate surface area is 326 Å². The highest BCUT2D eigenvalue weighted by Gasteiger charge is 2.38. The lowest BCUT2D eigenvalue weighted by Gasteiger charge is -2.29. The molecular formula is C44H49N7O5. The molecule has 0 spiro atoms. The molecule has 2 fully saturated rings. The minimum atomic E-state index is -0.685. The number of carbonyl (C=O) groups is 3. The van der Waals surface area contributed by atoms with Crippen molar-refractivity contribution in [3.63, 3.8) is 0 Å². The zero-order valence-electron chi connectivity index (χ0n) is 32.8. The Morgan fingerprint density at radius 3 is 2.12 bits per heavy atom. The number of nitrogens with zero attached hydrogens (tertiary/aromatic N) is 4. The Morgan fingerprint density at radius 2 is 1.43 bits per heavy atom. The molecule has 0 bridgehead atoms. The summed E-state index contributed by atoms with van der Waals surface area (Å²) in [6, 6.07) is 22.5. The van der Waals surface area contributed by atoms with E-state index in [1.165, 1.54) is 7.11 Å². The van der Waals surface area contributed by atoms with Crippen LogP contribution in [-0.4, -0.2) is 79.7 Å². The van der Waals surface area contributed by atoms with E-state index in [0.717, 1.165) is 92.3 Å². The van der Waals surface area contributed by atoms with Crippen LogP contribution in [0.5, 0.6) is 0 Å². The molecule has 56 heavy (non-hydrogen) atoms. The molecule has 3 unspecified atom stereocenters. The van der Waals surface area contributed by atoms with Gasteiger partial charge in [0.25, 0.3) is 0 Å². The number of alkyl carbamates (subject to hydrolysis) is 1. The van der Waals surface area contributed by atoms with Crippen LogP contribution in [0.15, 0.2) is 72.9 Å². The van der Waals surface area contributed by atoms with Crippen LogP contribution in [0.25, 0.3) is 55.0 Å². The first kappa shape index (κ1) is 37.0. The highest BCUT2D eigenvalue weighted by Crippen LogP contribution is 2.37. The number of benzene rings is 4. The molecule has 0 saturated carbocycles. The quantitative estimate of drug-likeness (QED) is 0.147. The van der Waals surface area contributed by atoms with Crippen molar-refractivity contribution in [3.8, 4) is 22.4 Å². The maximum atomic E-state index is 13.7. The van der Waals surface area contributed by atoms with Gasteiger partial charge in [-0.2, -0.15) is 0 Å². The molecule has 3 atom stereocenters. The Bertz CT molecular complexity index is 2460. The van der Waals surface area contributed by atoms with Crippen molar-refractivity contribution in [2.45, 2.75) is 84.0 Å². The molecule has 8 rings (SSSR count). The van der Waals surface area contributed by atoms with Crippen LogP contribution in [0.1, 0.15) is 84.0 Å². The van der Waals surface area contributed by atoms with Crippen LogP contribution in [-0.2, 0) is 14.3 Å². The predicted molar refractivity (Wildman–Crippen MR) is 217 cm³/mol. The molecule has 2 aliphatic rings. The second-order valence-electron chi connectivity index (χ2n) is 16.4. The van der Waals surface area contributed by atoms with E-state index >= 15 is 0 Å². The molecule has 290 valence electrons. The number of carbonyl (C=O) groups excluding carboxylic acids is 3. The number of H-pyrrole nitrogens is 2. The van der Waals surface area contributed by atoms with Gasteiger partial charge in [0.15, 0.2) is 0 Å². The highest BCUT2D eigenvalue weighted by molar-refractivity contribution is 6.05. The van der Waals surface area contributed by atoms with E-state index in [0.29, 0.717) is 13.1 Å². The van der Waals surface area contributed by atoms with Gasteiger partial charge in [-0.25, -0.2) is 19.6 Å². The Kier molecular flexibility index (Phi) is 9.68. The van der Waals surface area contributed by atoms with E-state index in [9.17, 15) is 14.4 Å². The number of hydrogen-bond acceptors (Lipinski definition) is 7. The first-order valence-corrected chi connectivity index (χ1v) is 19.5. The van der Waals surface area contributed by atoms with Crippen LogP contribution in [0.2, 0.25) is 0 Å². The first-order valence-electron chi connectivity index (χ1n) is 19.5. The van der Waals surface area contributed by atoms with Crippen molar-refractivity contribution in [2.24, 2.45) is 5.92 Å². The van der Waals surface area contributed by atoms with Gasteiger partial charge in [0.2, 0.25) is 5.91 Å². The van der Waals surface area contributed by atoms with Gasteiger partial charge in [-0.3, -0.25) is 9.69 Å². The maximum absolute atomic E-state index is 13.7. The fourth-order valence-electron chi connectivity index (χ4n) is 8.19. The Morgan fingerprint density at radius 1 is 0.804 bits per heavy atom. The lowest BCUT2D eigenvalue weighted by atomic mass is 9.97. The van der Waals surface area contributed by atoms with E-state index in [1.54, 1.807) is 4.90 Å². The average molecular weight is 756 g/mol. The standard InChI is InChI=1S/C44H49N7O5/c1-25(2)37(49-42(53)55-6)41(52)50-19-7-10-36(50)40-46-33-18-16-30-22-29(15-17-32(30)38(33)48-40)26-11-12-28-23-31(14-13-27(28)21-26)34-24-45-39(47-34)35-9-8-20-51(35)43(54)56-44(3,4)5/h11-18,21-25,35-37H,7-10,19-20H2,1-6H3,(H,45,47)(H,46,48)(H,49,53). The summed E-state index contributed by atoms with van der Waals surface area (Å²) < 4.78 is 10.4. The smallest absolute Gasteiger partial charge is 0.410 e. The van der Waals surface area contributed by atoms with Crippen LogP contribution < -0.4 is 5.32 Å². The second-order valence-corrected chi connectivity index (χ2v) is 16.4. The van der Waals surface area contributed by atoms with Gasteiger partial charge >= 0.3 is 12.2 Å². The molecule has 0 aliphatic carbocycles. The maximum Gasteiger partial charge on any atom is 0.410 e. The molecule has 12 heteroatoms. The predicted octanol–water partition coefficient (Wildman–Crippen LogP) is 9.04. The number of methoxy groups -OCH3 is 1. The van der Waals surface area contributed by atoms with Gasteiger partial charge in [0.05, 0.1) is 42.1 Å². The third-order valence-corrected chi connectivity index (χ3v) is 11.0. The number of aromatic nitrogens is 4. The number of aromatic amines is 2. The summed E-state index contributed by atoms with van der Waals surface area (Å²) in [4.78, 5) is 59.0. The lowest BCUT2D eigenvalue weighted by Crippen LogP contribution is -2.51. The van der Waals surface area contributed by atoms with Gasteiger partial charge in [0, 0.05) is 24.0 Å². The largest absolute Gasteiger partial charge is 0.453 e. The number of hydrogen-bond donors (Lipinski definition) is 3. The van der Waals surface area contributed by atoms with Crippen LogP contribution >= 0.6 is 0 Å². The summed E-state index contributed by atoms with van der Waals surface area (Å²) in [5.74, 6) is 1.30. The molecule has 12 nitrogen and oxygen atoms in total. The minimum Gasteiger partial charge on any atom is -0.453 e. The monoisotopic (exact) mass is 755 g/mol. The second kappa shape index (κ2) is 14.6.